The number of nitrogens with zero attached hydrogens (tertiary/aromatic N) is 4. The number of hydrogen-bond acceptors (Lipinski definition) is 8. The van der Waals surface area contributed by atoms with Gasteiger partial charge in [0, 0.05) is 44.2 Å². The number of hydrogen-bond donors (Lipinski definition) is 2. The molecule has 0 bridgehead atoms. The molecule has 2 saturated heterocycles. The number of benzene rings is 3. The molecule has 0 radical (unpaired) electrons. The first-order valence-corrected chi connectivity index (χ1v) is 20.9. The number of phenols is 1. The van der Waals surface area contributed by atoms with Gasteiger partial charge in [-0.15, -0.1) is 0 Å². The predicted octanol–water partition coefficient (Wildman–Crippen LogP) is 5.95. The van der Waals surface area contributed by atoms with Crippen molar-refractivity contribution in [2.24, 2.45) is 5.41 Å². The molecule has 60 heavy (non-hydrogen) atoms. The fourth-order valence-corrected chi connectivity index (χ4v) is 10.9. The van der Waals surface area contributed by atoms with E-state index in [-0.39, 0.29) is 59.1 Å². The fraction of sp³-hybridized carbons (Fsp3) is 0.489. The molecule has 0 aromatic heterocycles. The van der Waals surface area contributed by atoms with Crippen molar-refractivity contribution in [2.75, 3.05) is 26.2 Å². The van der Waals surface area contributed by atoms with Gasteiger partial charge in [-0.2, -0.15) is 0 Å². The standard InChI is InChI=1S/C45H47F4N5O6/c1-24-14-27-15-30(55)2-3-31(27)41(53(24)22-37(48)49)40-34(46)18-26(19-35(40)47)25-6-8-45(9-7-25)10-12-52(13-11-45)39(57)23-51-20-28-16-32-33(17-29(28)21-51)44(60)54(43(32)59)36-4-5-38(56)50-42(36)58/h2-3,15-19,24-25,36-37,41,55H,4-14,20-23H2,1H3,(H,50,56,58)/t24-,36?,41+/m1/s1. The van der Waals surface area contributed by atoms with Gasteiger partial charge in [-0.25, -0.2) is 17.6 Å². The molecule has 5 amide bonds. The molecule has 1 saturated carbocycles. The number of rotatable bonds is 7. The van der Waals surface area contributed by atoms with E-state index in [1.807, 2.05) is 9.80 Å². The minimum atomic E-state index is -2.70. The Morgan fingerprint density at radius 2 is 1.50 bits per heavy atom. The molecule has 5 aliphatic heterocycles. The number of aromatic hydroxyl groups is 1. The second-order valence-electron chi connectivity index (χ2n) is 17.7. The number of carbonyl (C=O) groups is 5. The van der Waals surface area contributed by atoms with E-state index in [1.165, 1.54) is 29.2 Å². The number of nitrogens with one attached hydrogen (secondary N) is 1. The van der Waals surface area contributed by atoms with Gasteiger partial charge in [0.25, 0.3) is 18.2 Å². The van der Waals surface area contributed by atoms with Gasteiger partial charge in [0.15, 0.2) is 0 Å². The minimum Gasteiger partial charge on any atom is -0.508 e. The van der Waals surface area contributed by atoms with E-state index in [0.717, 1.165) is 54.6 Å². The summed E-state index contributed by atoms with van der Waals surface area (Å²) in [5.74, 6) is -3.80. The van der Waals surface area contributed by atoms with Crippen LogP contribution in [0, 0.1) is 17.0 Å². The van der Waals surface area contributed by atoms with E-state index < -0.39 is 66.4 Å². The number of alkyl halides is 2. The third-order valence-corrected chi connectivity index (χ3v) is 14.2. The molecule has 9 rings (SSSR count). The van der Waals surface area contributed by atoms with E-state index >= 15 is 8.78 Å². The monoisotopic (exact) mass is 829 g/mol. The van der Waals surface area contributed by atoms with Crippen LogP contribution < -0.4 is 5.32 Å². The Hall–Kier alpha value is -5.15. The lowest BCUT2D eigenvalue weighted by Gasteiger charge is -2.46. The molecule has 11 nitrogen and oxygen atoms in total. The van der Waals surface area contributed by atoms with Crippen LogP contribution in [0.1, 0.15) is 124 Å². The largest absolute Gasteiger partial charge is 0.508 e. The fourth-order valence-electron chi connectivity index (χ4n) is 10.9. The van der Waals surface area contributed by atoms with Crippen molar-refractivity contribution >= 4 is 29.5 Å². The van der Waals surface area contributed by atoms with Gasteiger partial charge in [-0.1, -0.05) is 6.07 Å². The molecular weight excluding hydrogens is 783 g/mol. The zero-order valence-corrected chi connectivity index (χ0v) is 33.3. The van der Waals surface area contributed by atoms with E-state index in [1.54, 1.807) is 25.1 Å². The first-order valence-electron chi connectivity index (χ1n) is 20.9. The summed E-state index contributed by atoms with van der Waals surface area (Å²) < 4.78 is 59.8. The molecule has 3 aromatic rings. The van der Waals surface area contributed by atoms with Crippen LogP contribution in [0.5, 0.6) is 5.75 Å². The van der Waals surface area contributed by atoms with Crippen molar-refractivity contribution in [2.45, 2.75) is 108 Å². The number of phenolic OH excluding ortho intramolecular Hbond substituents is 1. The topological polar surface area (TPSA) is 131 Å². The molecule has 1 unspecified atom stereocenters. The Bertz CT molecular complexity index is 2230. The first-order chi connectivity index (χ1) is 28.7. The smallest absolute Gasteiger partial charge is 0.262 e. The maximum Gasteiger partial charge on any atom is 0.262 e. The third kappa shape index (κ3) is 7.16. The molecule has 316 valence electrons. The van der Waals surface area contributed by atoms with Gasteiger partial charge in [0.2, 0.25) is 17.7 Å². The van der Waals surface area contributed by atoms with Crippen LogP contribution in [0.3, 0.4) is 0 Å². The highest BCUT2D eigenvalue weighted by Crippen LogP contribution is 2.50. The van der Waals surface area contributed by atoms with E-state index in [4.69, 9.17) is 0 Å². The minimum absolute atomic E-state index is 0.00000843. The second kappa shape index (κ2) is 15.4. The lowest BCUT2D eigenvalue weighted by molar-refractivity contribution is -0.137. The molecule has 3 aromatic carbocycles. The van der Waals surface area contributed by atoms with Crippen LogP contribution in [0.25, 0.3) is 0 Å². The Balaban J connectivity index is 0.800. The number of carbonyl (C=O) groups excluding carboxylic acids is 5. The highest BCUT2D eigenvalue weighted by Gasteiger charge is 2.46. The SMILES string of the molecule is C[C@@H]1Cc2cc(O)ccc2[C@@H](c2c(F)cc(C3CCC4(CC3)CCN(C(=O)CN3Cc5cc6c(cc5C3)C(=O)N(C3CCC(=O)NC3=O)C6=O)CC4)cc2F)N1CC(F)F. The summed E-state index contributed by atoms with van der Waals surface area (Å²) in [7, 11) is 0. The lowest BCUT2D eigenvalue weighted by Crippen LogP contribution is -2.54. The van der Waals surface area contributed by atoms with Gasteiger partial charge in [0.1, 0.15) is 23.4 Å². The van der Waals surface area contributed by atoms with Crippen LogP contribution in [-0.4, -0.2) is 98.9 Å². The van der Waals surface area contributed by atoms with Gasteiger partial charge in [-0.3, -0.25) is 44.0 Å². The quantitative estimate of drug-likeness (QED) is 0.221. The molecule has 3 atom stereocenters. The Morgan fingerprint density at radius 1 is 0.867 bits per heavy atom. The summed E-state index contributed by atoms with van der Waals surface area (Å²) in [5.41, 5.74) is 3.65. The Labute approximate surface area is 344 Å². The summed E-state index contributed by atoms with van der Waals surface area (Å²) in [6.45, 7) is 3.35. The Kier molecular flexibility index (Phi) is 10.3. The van der Waals surface area contributed by atoms with Gasteiger partial charge < -0.3 is 10.0 Å². The molecular formula is C45H47F4N5O6. The molecule has 1 aliphatic carbocycles. The third-order valence-electron chi connectivity index (χ3n) is 14.2. The molecule has 15 heteroatoms. The van der Waals surface area contributed by atoms with Crippen LogP contribution in [0.2, 0.25) is 0 Å². The number of halogens is 4. The van der Waals surface area contributed by atoms with Crippen LogP contribution in [0.4, 0.5) is 17.6 Å². The van der Waals surface area contributed by atoms with Crippen molar-refractivity contribution in [3.05, 3.63) is 98.6 Å². The van der Waals surface area contributed by atoms with E-state index in [0.29, 0.717) is 49.3 Å². The summed E-state index contributed by atoms with van der Waals surface area (Å²) in [6.07, 6.45) is 2.62. The normalized spacial score (nSPS) is 24.6. The summed E-state index contributed by atoms with van der Waals surface area (Å²) in [5, 5.41) is 12.3. The number of imide groups is 2. The molecule has 5 heterocycles. The predicted molar refractivity (Wildman–Crippen MR) is 209 cm³/mol. The number of amides is 5. The number of fused-ring (bicyclic) bond motifs is 3. The van der Waals surface area contributed by atoms with E-state index in [9.17, 15) is 37.9 Å². The summed E-state index contributed by atoms with van der Waals surface area (Å²) in [6, 6.07) is 8.12. The van der Waals surface area contributed by atoms with Gasteiger partial charge in [-0.05, 0) is 134 Å². The van der Waals surface area contributed by atoms with Crippen molar-refractivity contribution in [3.8, 4) is 5.75 Å². The van der Waals surface area contributed by atoms with Crippen molar-refractivity contribution in [1.29, 1.82) is 0 Å². The summed E-state index contributed by atoms with van der Waals surface area (Å²) >= 11 is 0. The maximum atomic E-state index is 16.1. The molecule has 6 aliphatic rings. The van der Waals surface area contributed by atoms with Crippen molar-refractivity contribution in [1.82, 2.24) is 24.9 Å². The van der Waals surface area contributed by atoms with Crippen LogP contribution >= 0.6 is 0 Å². The highest BCUT2D eigenvalue weighted by atomic mass is 19.3. The maximum absolute atomic E-state index is 16.1. The number of likely N-dealkylation sites (tertiary alicyclic amines) is 1. The zero-order chi connectivity index (χ0) is 42.2. The van der Waals surface area contributed by atoms with Gasteiger partial charge in [0.05, 0.1) is 30.3 Å². The average Bonchev–Trinajstić information content (AvgIpc) is 3.70. The highest BCUT2D eigenvalue weighted by molar-refractivity contribution is 6.23. The lowest BCUT2D eigenvalue weighted by atomic mass is 9.64. The van der Waals surface area contributed by atoms with Gasteiger partial charge >= 0.3 is 0 Å². The molecule has 2 N–H and O–H groups in total. The van der Waals surface area contributed by atoms with Crippen molar-refractivity contribution < 1.29 is 46.6 Å². The van der Waals surface area contributed by atoms with Crippen LogP contribution in [0.15, 0.2) is 42.5 Å². The molecule has 1 spiro atoms. The number of piperidine rings is 2. The molecule has 3 fully saturated rings. The first kappa shape index (κ1) is 40.3. The van der Waals surface area contributed by atoms with E-state index in [2.05, 4.69) is 5.32 Å². The summed E-state index contributed by atoms with van der Waals surface area (Å²) in [4.78, 5) is 70.5. The Morgan fingerprint density at radius 3 is 2.10 bits per heavy atom. The zero-order valence-electron chi connectivity index (χ0n) is 33.3. The van der Waals surface area contributed by atoms with Crippen molar-refractivity contribution in [3.63, 3.8) is 0 Å². The second-order valence-corrected chi connectivity index (χ2v) is 17.7. The average molecular weight is 830 g/mol. The van der Waals surface area contributed by atoms with Crippen LogP contribution in [-0.2, 0) is 33.9 Å².